The van der Waals surface area contributed by atoms with Crippen LogP contribution >= 0.6 is 0 Å². The molecule has 0 fully saturated rings. The van der Waals surface area contributed by atoms with E-state index in [0.29, 0.717) is 6.54 Å². The summed E-state index contributed by atoms with van der Waals surface area (Å²) in [5.74, 6) is -1.12. The summed E-state index contributed by atoms with van der Waals surface area (Å²) in [6.45, 7) is 5.82. The van der Waals surface area contributed by atoms with E-state index in [0.717, 1.165) is 0 Å². The summed E-state index contributed by atoms with van der Waals surface area (Å²) >= 11 is 0. The van der Waals surface area contributed by atoms with Gasteiger partial charge in [-0.1, -0.05) is 13.0 Å². The molecule has 0 aliphatic rings. The number of esters is 1. The van der Waals surface area contributed by atoms with E-state index in [1.807, 2.05) is 0 Å². The van der Waals surface area contributed by atoms with Gasteiger partial charge in [-0.2, -0.15) is 0 Å². The maximum Gasteiger partial charge on any atom is 0.321 e. The molecule has 7 heteroatoms. The van der Waals surface area contributed by atoms with E-state index in [1.54, 1.807) is 18.9 Å². The van der Waals surface area contributed by atoms with Gasteiger partial charge < -0.3 is 10.1 Å². The third-order valence-electron chi connectivity index (χ3n) is 2.26. The first-order valence-corrected chi connectivity index (χ1v) is 5.85. The van der Waals surface area contributed by atoms with E-state index in [2.05, 4.69) is 21.9 Å². The van der Waals surface area contributed by atoms with Crippen LogP contribution in [0.1, 0.15) is 6.92 Å². The van der Waals surface area contributed by atoms with Crippen molar-refractivity contribution in [1.29, 1.82) is 0 Å². The van der Waals surface area contributed by atoms with Crippen LogP contribution in [0.2, 0.25) is 0 Å². The van der Waals surface area contributed by atoms with Crippen LogP contribution in [0.5, 0.6) is 0 Å². The number of rotatable bonds is 7. The van der Waals surface area contributed by atoms with Crippen molar-refractivity contribution in [3.8, 4) is 0 Å². The van der Waals surface area contributed by atoms with Crippen LogP contribution in [0.15, 0.2) is 12.7 Å². The largest absolute Gasteiger partial charge is 0.469 e. The number of methoxy groups -OCH3 is 1. The zero-order valence-corrected chi connectivity index (χ0v) is 11.6. The van der Waals surface area contributed by atoms with Crippen LogP contribution in [0, 0.1) is 5.92 Å². The summed E-state index contributed by atoms with van der Waals surface area (Å²) < 4.78 is 4.59. The number of amides is 3. The van der Waals surface area contributed by atoms with Gasteiger partial charge in [0.2, 0.25) is 5.91 Å². The van der Waals surface area contributed by atoms with Gasteiger partial charge in [0.1, 0.15) is 0 Å². The van der Waals surface area contributed by atoms with E-state index >= 15 is 0 Å². The molecule has 7 nitrogen and oxygen atoms in total. The van der Waals surface area contributed by atoms with Crippen molar-refractivity contribution >= 4 is 17.9 Å². The summed E-state index contributed by atoms with van der Waals surface area (Å²) in [6.07, 6.45) is 1.51. The first kappa shape index (κ1) is 17.1. The van der Waals surface area contributed by atoms with Gasteiger partial charge in [-0.3, -0.25) is 19.8 Å². The van der Waals surface area contributed by atoms with E-state index in [1.165, 1.54) is 13.2 Å². The third kappa shape index (κ3) is 7.93. The fourth-order valence-electron chi connectivity index (χ4n) is 1.43. The van der Waals surface area contributed by atoms with Crippen molar-refractivity contribution in [2.45, 2.75) is 6.92 Å². The van der Waals surface area contributed by atoms with Gasteiger partial charge in [-0.25, -0.2) is 4.79 Å². The van der Waals surface area contributed by atoms with Crippen LogP contribution in [0.25, 0.3) is 0 Å². The standard InChI is InChI=1S/C12H21N3O4/c1-5-6-13-12(18)14-10(16)8-15(3)7-9(2)11(17)19-4/h5,9H,1,6-8H2,2-4H3,(H2,13,14,16,18). The lowest BCUT2D eigenvalue weighted by Crippen LogP contribution is -2.44. The van der Waals surface area contributed by atoms with Crippen molar-refractivity contribution in [3.63, 3.8) is 0 Å². The van der Waals surface area contributed by atoms with Gasteiger partial charge >= 0.3 is 12.0 Å². The Morgan fingerprint density at radius 2 is 2.05 bits per heavy atom. The Bertz CT molecular complexity index is 344. The van der Waals surface area contributed by atoms with Crippen LogP contribution in [-0.4, -0.2) is 56.6 Å². The molecule has 2 N–H and O–H groups in total. The number of ether oxygens (including phenoxy) is 1. The molecule has 1 atom stereocenters. The number of nitrogens with zero attached hydrogens (tertiary/aromatic N) is 1. The first-order chi connectivity index (χ1) is 8.90. The van der Waals surface area contributed by atoms with Crippen molar-refractivity contribution in [3.05, 3.63) is 12.7 Å². The highest BCUT2D eigenvalue weighted by atomic mass is 16.5. The van der Waals surface area contributed by atoms with Crippen molar-refractivity contribution in [2.75, 3.05) is 33.8 Å². The first-order valence-electron chi connectivity index (χ1n) is 5.85. The summed E-state index contributed by atoms with van der Waals surface area (Å²) in [5, 5.41) is 4.59. The molecule has 0 rings (SSSR count). The van der Waals surface area contributed by atoms with E-state index in [9.17, 15) is 14.4 Å². The molecule has 0 aromatic rings. The number of imide groups is 1. The molecule has 0 saturated carbocycles. The molecule has 0 aliphatic heterocycles. The minimum absolute atomic E-state index is 0.0167. The second kappa shape index (κ2) is 9.09. The lowest BCUT2D eigenvalue weighted by atomic mass is 10.2. The zero-order chi connectivity index (χ0) is 14.8. The molecular formula is C12H21N3O4. The van der Waals surface area contributed by atoms with Crippen LogP contribution in [0.3, 0.4) is 0 Å². The Morgan fingerprint density at radius 3 is 2.58 bits per heavy atom. The maximum atomic E-state index is 11.5. The number of carbonyl (C=O) groups is 3. The highest BCUT2D eigenvalue weighted by Gasteiger charge is 2.17. The van der Waals surface area contributed by atoms with E-state index < -0.39 is 11.9 Å². The molecule has 3 amide bonds. The highest BCUT2D eigenvalue weighted by Crippen LogP contribution is 2.00. The van der Waals surface area contributed by atoms with Gasteiger partial charge in [-0.05, 0) is 7.05 Å². The molecule has 19 heavy (non-hydrogen) atoms. The smallest absolute Gasteiger partial charge is 0.321 e. The van der Waals surface area contributed by atoms with Crippen LogP contribution in [-0.2, 0) is 14.3 Å². The minimum atomic E-state index is -0.570. The highest BCUT2D eigenvalue weighted by molar-refractivity contribution is 5.95. The second-order valence-electron chi connectivity index (χ2n) is 4.17. The fourth-order valence-corrected chi connectivity index (χ4v) is 1.43. The van der Waals surface area contributed by atoms with E-state index in [4.69, 9.17) is 0 Å². The van der Waals surface area contributed by atoms with Crippen LogP contribution in [0.4, 0.5) is 4.79 Å². The summed E-state index contributed by atoms with van der Waals surface area (Å²) in [5.41, 5.74) is 0. The maximum absolute atomic E-state index is 11.5. The van der Waals surface area contributed by atoms with Crippen molar-refractivity contribution in [2.24, 2.45) is 5.92 Å². The van der Waals surface area contributed by atoms with Crippen LogP contribution < -0.4 is 10.6 Å². The quantitative estimate of drug-likeness (QED) is 0.492. The van der Waals surface area contributed by atoms with Gasteiger partial charge in [0.25, 0.3) is 0 Å². The van der Waals surface area contributed by atoms with Gasteiger partial charge in [0, 0.05) is 13.1 Å². The molecule has 0 aromatic heterocycles. The molecule has 0 bridgehead atoms. The lowest BCUT2D eigenvalue weighted by molar-refractivity contribution is -0.145. The molecular weight excluding hydrogens is 250 g/mol. The average Bonchev–Trinajstić information content (AvgIpc) is 2.34. The molecule has 0 aliphatic carbocycles. The van der Waals surface area contributed by atoms with Crippen molar-refractivity contribution < 1.29 is 19.1 Å². The monoisotopic (exact) mass is 271 g/mol. The Labute approximate surface area is 113 Å². The predicted octanol–water partition coefficient (Wildman–Crippen LogP) is -0.261. The van der Waals surface area contributed by atoms with Gasteiger partial charge in [0.05, 0.1) is 19.6 Å². The average molecular weight is 271 g/mol. The van der Waals surface area contributed by atoms with E-state index in [-0.39, 0.29) is 25.0 Å². The molecule has 0 aromatic carbocycles. The molecule has 0 spiro atoms. The molecule has 0 radical (unpaired) electrons. The number of hydrogen-bond acceptors (Lipinski definition) is 5. The molecule has 0 heterocycles. The molecule has 1 unspecified atom stereocenters. The summed E-state index contributed by atoms with van der Waals surface area (Å²) in [6, 6.07) is -0.570. The molecule has 0 saturated heterocycles. The lowest BCUT2D eigenvalue weighted by Gasteiger charge is -2.19. The number of likely N-dealkylation sites (N-methyl/N-ethyl adjacent to an activating group) is 1. The zero-order valence-electron chi connectivity index (χ0n) is 11.6. The Hall–Kier alpha value is -1.89. The third-order valence-corrected chi connectivity index (χ3v) is 2.26. The number of nitrogens with one attached hydrogen (secondary N) is 2. The Kier molecular flexibility index (Phi) is 8.19. The van der Waals surface area contributed by atoms with Crippen molar-refractivity contribution in [1.82, 2.24) is 15.5 Å². The Balaban J connectivity index is 4.01. The summed E-state index contributed by atoms with van der Waals surface area (Å²) in [7, 11) is 3.00. The molecule has 108 valence electrons. The predicted molar refractivity (Wildman–Crippen MR) is 70.4 cm³/mol. The van der Waals surface area contributed by atoms with Gasteiger partial charge in [-0.15, -0.1) is 6.58 Å². The summed E-state index contributed by atoms with van der Waals surface area (Å²) in [4.78, 5) is 35.5. The topological polar surface area (TPSA) is 87.7 Å². The Morgan fingerprint density at radius 1 is 1.42 bits per heavy atom. The van der Waals surface area contributed by atoms with Gasteiger partial charge in [0.15, 0.2) is 0 Å². The number of hydrogen-bond donors (Lipinski definition) is 2. The number of urea groups is 1. The minimum Gasteiger partial charge on any atom is -0.469 e. The second-order valence-corrected chi connectivity index (χ2v) is 4.17. The fraction of sp³-hybridized carbons (Fsp3) is 0.583. The number of carbonyl (C=O) groups excluding carboxylic acids is 3. The normalized spacial score (nSPS) is 11.6. The SMILES string of the molecule is C=CCNC(=O)NC(=O)CN(C)CC(C)C(=O)OC.